The summed E-state index contributed by atoms with van der Waals surface area (Å²) < 4.78 is 3.73. The van der Waals surface area contributed by atoms with Crippen LogP contribution >= 0.6 is 23.1 Å². The lowest BCUT2D eigenvalue weighted by atomic mass is 9.91. The maximum atomic E-state index is 4.51. The molecular formula is C39H33NS2. The molecule has 0 amide bonds. The van der Waals surface area contributed by atoms with Crippen LogP contribution in [0.15, 0.2) is 113 Å². The molecule has 7 rings (SSSR count). The van der Waals surface area contributed by atoms with Crippen molar-refractivity contribution in [2.24, 2.45) is 0 Å². The SMILES string of the molecule is C=c1/c(=C\C=C(\C)Sc2c#cccc2)n(-c2cccc(C3=CCCc4c3sc3ccccc43)c2)c2ccccc12.CC. The van der Waals surface area contributed by atoms with E-state index in [0.717, 1.165) is 34.0 Å². The molecule has 0 atom stereocenters. The lowest BCUT2D eigenvalue weighted by molar-refractivity contribution is 0.997. The van der Waals surface area contributed by atoms with E-state index in [0.29, 0.717) is 0 Å². The quantitative estimate of drug-likeness (QED) is 0.184. The van der Waals surface area contributed by atoms with Crippen LogP contribution in [0.5, 0.6) is 0 Å². The van der Waals surface area contributed by atoms with Crippen molar-refractivity contribution < 1.29 is 0 Å². The fraction of sp³-hybridized carbons (Fsp3) is 0.128. The van der Waals surface area contributed by atoms with Crippen LogP contribution in [0.1, 0.15) is 43.2 Å². The zero-order valence-corrected chi connectivity index (χ0v) is 25.9. The van der Waals surface area contributed by atoms with Crippen molar-refractivity contribution in [2.45, 2.75) is 38.5 Å². The van der Waals surface area contributed by atoms with Crippen molar-refractivity contribution in [2.75, 3.05) is 0 Å². The molecule has 0 saturated carbocycles. The Hall–Kier alpha value is -4.23. The van der Waals surface area contributed by atoms with Gasteiger partial charge in [-0.15, -0.1) is 11.3 Å². The molecule has 1 aliphatic rings. The summed E-state index contributed by atoms with van der Waals surface area (Å²) in [5.41, 5.74) is 6.42. The van der Waals surface area contributed by atoms with Crippen LogP contribution in [0, 0.1) is 12.1 Å². The second-order valence-electron chi connectivity index (χ2n) is 10.0. The number of nitrogens with zero attached hydrogens (tertiary/aromatic N) is 1. The number of aryl methyl sites for hydroxylation is 1. The number of hydrogen-bond donors (Lipinski definition) is 0. The molecule has 0 aliphatic heterocycles. The number of fused-ring (bicyclic) bond motifs is 4. The van der Waals surface area contributed by atoms with Gasteiger partial charge in [-0.2, -0.15) is 0 Å². The monoisotopic (exact) mass is 579 g/mol. The molecule has 0 spiro atoms. The molecule has 1 aliphatic carbocycles. The first-order valence-corrected chi connectivity index (χ1v) is 16.2. The molecule has 3 heteroatoms. The number of para-hydroxylation sites is 1. The number of hydrogen-bond acceptors (Lipinski definition) is 2. The van der Waals surface area contributed by atoms with E-state index in [1.54, 1.807) is 11.8 Å². The molecule has 0 bridgehead atoms. The summed E-state index contributed by atoms with van der Waals surface area (Å²) in [6.07, 6.45) is 8.99. The molecule has 42 heavy (non-hydrogen) atoms. The van der Waals surface area contributed by atoms with Gasteiger partial charge in [0.05, 0.1) is 15.8 Å². The third kappa shape index (κ3) is 5.25. The molecule has 0 fully saturated rings. The largest absolute Gasteiger partial charge is 0.309 e. The van der Waals surface area contributed by atoms with Crippen LogP contribution in [0.25, 0.3) is 44.9 Å². The van der Waals surface area contributed by atoms with Crippen molar-refractivity contribution >= 4 is 62.3 Å². The molecule has 0 saturated heterocycles. The Morgan fingerprint density at radius 2 is 1.76 bits per heavy atom. The van der Waals surface area contributed by atoms with Gasteiger partial charge in [-0.1, -0.05) is 111 Å². The van der Waals surface area contributed by atoms with Gasteiger partial charge in [0.2, 0.25) is 0 Å². The van der Waals surface area contributed by atoms with Crippen molar-refractivity contribution in [3.05, 3.63) is 147 Å². The second kappa shape index (κ2) is 12.3. The zero-order valence-electron chi connectivity index (χ0n) is 24.3. The van der Waals surface area contributed by atoms with Gasteiger partial charge in [0.15, 0.2) is 0 Å². The normalized spacial score (nSPS) is 13.4. The first-order valence-electron chi connectivity index (χ1n) is 14.5. The number of allylic oxidation sites excluding steroid dienone is 3. The van der Waals surface area contributed by atoms with E-state index in [2.05, 4.69) is 127 Å². The standard InChI is InChI=1S/C37H27NS2.C2H6/c1-25(39-29-14-4-3-5-15-29)22-23-34-26(2)30-16-6-8-20-35(30)38(34)28-13-10-12-27(24-28)31-18-11-19-33-32-17-7-9-21-36(32)40-37(31)33;1-2/h3-4,6-10,12-14,16-18,20-24H,2,11,19H2,1H3;1-2H3/b25-22-,34-23+;. The smallest absolute Gasteiger partial charge is 0.0621 e. The highest BCUT2D eigenvalue weighted by Gasteiger charge is 2.20. The topological polar surface area (TPSA) is 4.93 Å². The van der Waals surface area contributed by atoms with Crippen LogP contribution in [0.2, 0.25) is 0 Å². The highest BCUT2D eigenvalue weighted by Crippen LogP contribution is 2.42. The summed E-state index contributed by atoms with van der Waals surface area (Å²) in [5.74, 6) is 0. The van der Waals surface area contributed by atoms with Crippen LogP contribution < -0.4 is 10.6 Å². The molecular weight excluding hydrogens is 547 g/mol. The van der Waals surface area contributed by atoms with E-state index in [1.165, 1.54) is 47.5 Å². The number of aromatic nitrogens is 1. The summed E-state index contributed by atoms with van der Waals surface area (Å²) in [4.78, 5) is 3.66. The van der Waals surface area contributed by atoms with E-state index < -0.39 is 0 Å². The predicted molar refractivity (Wildman–Crippen MR) is 185 cm³/mol. The summed E-state index contributed by atoms with van der Waals surface area (Å²) in [5, 5.41) is 4.72. The maximum absolute atomic E-state index is 4.51. The van der Waals surface area contributed by atoms with Gasteiger partial charge >= 0.3 is 0 Å². The fourth-order valence-corrected chi connectivity index (χ4v) is 7.71. The minimum atomic E-state index is 1.04. The third-order valence-corrected chi connectivity index (χ3v) is 9.65. The van der Waals surface area contributed by atoms with E-state index in [4.69, 9.17) is 0 Å². The first kappa shape index (κ1) is 27.9. The van der Waals surface area contributed by atoms with Gasteiger partial charge in [0, 0.05) is 25.9 Å². The Kier molecular flexibility index (Phi) is 8.20. The van der Waals surface area contributed by atoms with Crippen molar-refractivity contribution in [3.63, 3.8) is 0 Å². The Labute approximate surface area is 256 Å². The third-order valence-electron chi connectivity index (χ3n) is 7.49. The van der Waals surface area contributed by atoms with Crippen molar-refractivity contribution in [1.29, 1.82) is 0 Å². The van der Waals surface area contributed by atoms with Crippen molar-refractivity contribution in [3.8, 4) is 5.69 Å². The predicted octanol–water partition coefficient (Wildman–Crippen LogP) is 9.74. The summed E-state index contributed by atoms with van der Waals surface area (Å²) in [6.45, 7) is 10.6. The molecule has 2 heterocycles. The Morgan fingerprint density at radius 1 is 0.952 bits per heavy atom. The number of thioether (sulfide) groups is 1. The average Bonchev–Trinajstić information content (AvgIpc) is 3.56. The minimum absolute atomic E-state index is 1.04. The molecule has 6 aromatic rings. The zero-order chi connectivity index (χ0) is 29.1. The van der Waals surface area contributed by atoms with Crippen LogP contribution in [-0.2, 0) is 6.42 Å². The van der Waals surface area contributed by atoms with E-state index in [9.17, 15) is 0 Å². The summed E-state index contributed by atoms with van der Waals surface area (Å²) in [6, 6.07) is 38.5. The van der Waals surface area contributed by atoms with Crippen molar-refractivity contribution in [1.82, 2.24) is 4.57 Å². The first-order chi connectivity index (χ1) is 20.7. The van der Waals surface area contributed by atoms with Gasteiger partial charge < -0.3 is 4.57 Å². The molecule has 0 unspecified atom stereocenters. The Balaban J connectivity index is 0.00000155. The number of thiophene rings is 1. The molecule has 206 valence electrons. The van der Waals surface area contributed by atoms with Gasteiger partial charge in [-0.05, 0) is 89.2 Å². The van der Waals surface area contributed by atoms with Gasteiger partial charge in [-0.3, -0.25) is 0 Å². The van der Waals surface area contributed by atoms with E-state index in [-0.39, 0.29) is 0 Å². The van der Waals surface area contributed by atoms with E-state index in [1.807, 2.05) is 37.3 Å². The molecule has 0 radical (unpaired) electrons. The molecule has 0 N–H and O–H groups in total. The van der Waals surface area contributed by atoms with Gasteiger partial charge in [-0.25, -0.2) is 0 Å². The van der Waals surface area contributed by atoms with Gasteiger partial charge in [0.25, 0.3) is 0 Å². The lowest BCUT2D eigenvalue weighted by Gasteiger charge is -2.16. The molecule has 4 aromatic carbocycles. The Bertz CT molecular complexity index is 2050. The van der Waals surface area contributed by atoms with Crippen LogP contribution in [0.4, 0.5) is 0 Å². The number of benzene rings is 3. The summed E-state index contributed by atoms with van der Waals surface area (Å²) in [7, 11) is 0. The highest BCUT2D eigenvalue weighted by molar-refractivity contribution is 8.03. The fourth-order valence-electron chi connectivity index (χ4n) is 5.66. The van der Waals surface area contributed by atoms with Crippen LogP contribution in [0.3, 0.4) is 0 Å². The van der Waals surface area contributed by atoms with E-state index >= 15 is 0 Å². The average molecular weight is 580 g/mol. The maximum Gasteiger partial charge on any atom is 0.0621 e. The second-order valence-corrected chi connectivity index (χ2v) is 12.4. The molecule has 2 aromatic heterocycles. The summed E-state index contributed by atoms with van der Waals surface area (Å²) >= 11 is 3.62. The highest BCUT2D eigenvalue weighted by atomic mass is 32.2. The Morgan fingerprint density at radius 3 is 2.60 bits per heavy atom. The lowest BCUT2D eigenvalue weighted by Crippen LogP contribution is -2.27. The minimum Gasteiger partial charge on any atom is -0.309 e. The number of rotatable bonds is 5. The molecule has 1 nitrogen and oxygen atoms in total. The van der Waals surface area contributed by atoms with Crippen LogP contribution in [-0.4, -0.2) is 4.57 Å². The van der Waals surface area contributed by atoms with Gasteiger partial charge in [0.1, 0.15) is 0 Å².